The van der Waals surface area contributed by atoms with Crippen LogP contribution in [0.25, 0.3) is 0 Å². The van der Waals surface area contributed by atoms with Crippen LogP contribution in [0, 0.1) is 11.8 Å². The van der Waals surface area contributed by atoms with Gasteiger partial charge in [0.15, 0.2) is 0 Å². The molecule has 0 aromatic heterocycles. The average Bonchev–Trinajstić information content (AvgIpc) is 2.67. The van der Waals surface area contributed by atoms with Crippen molar-refractivity contribution in [2.75, 3.05) is 13.1 Å². The van der Waals surface area contributed by atoms with Crippen molar-refractivity contribution in [3.63, 3.8) is 0 Å². The van der Waals surface area contributed by atoms with Crippen molar-refractivity contribution in [1.29, 1.82) is 0 Å². The molecule has 6 nitrogen and oxygen atoms in total. The lowest BCUT2D eigenvalue weighted by atomic mass is 9.71. The zero-order valence-electron chi connectivity index (χ0n) is 15.2. The number of likely N-dealkylation sites (tertiary alicyclic amines) is 1. The molecular weight excluding hydrogens is 332 g/mol. The van der Waals surface area contributed by atoms with Crippen LogP contribution in [0.2, 0.25) is 0 Å². The van der Waals surface area contributed by atoms with Crippen molar-refractivity contribution >= 4 is 11.8 Å². The average molecular weight is 360 g/mol. The Balaban J connectivity index is 1.64. The maximum atomic E-state index is 13.0. The van der Waals surface area contributed by atoms with Gasteiger partial charge in [-0.15, -0.1) is 0 Å². The highest BCUT2D eigenvalue weighted by atomic mass is 16.5. The second kappa shape index (κ2) is 7.76. The van der Waals surface area contributed by atoms with Crippen LogP contribution in [0.5, 0.6) is 0 Å². The first-order valence-corrected chi connectivity index (χ1v) is 9.41. The summed E-state index contributed by atoms with van der Waals surface area (Å²) >= 11 is 0. The van der Waals surface area contributed by atoms with Crippen LogP contribution in [0.3, 0.4) is 0 Å². The first-order valence-electron chi connectivity index (χ1n) is 9.41. The molecule has 1 saturated carbocycles. The molecule has 3 unspecified atom stereocenters. The number of piperidine rings is 1. The lowest BCUT2D eigenvalue weighted by molar-refractivity contribution is -0.152. The number of nitrogens with one attached hydrogen (secondary N) is 1. The summed E-state index contributed by atoms with van der Waals surface area (Å²) < 4.78 is 0. The Morgan fingerprint density at radius 3 is 2.38 bits per heavy atom. The Morgan fingerprint density at radius 1 is 1.12 bits per heavy atom. The van der Waals surface area contributed by atoms with Crippen LogP contribution in [0.1, 0.15) is 50.5 Å². The molecule has 0 spiro atoms. The minimum Gasteiger partial charge on any atom is -0.390 e. The van der Waals surface area contributed by atoms with Gasteiger partial charge in [-0.1, -0.05) is 30.3 Å². The summed E-state index contributed by atoms with van der Waals surface area (Å²) in [6, 6.07) is 10.4. The number of amides is 2. The molecule has 3 N–H and O–H groups in total. The quantitative estimate of drug-likeness (QED) is 0.569. The SMILES string of the molecule is CC1(O)CCC(C(=O)N2CCC(c3ccccc3)CC2)C(C(=O)NO)C1. The number of hydrogen-bond acceptors (Lipinski definition) is 4. The van der Waals surface area contributed by atoms with Gasteiger partial charge in [0, 0.05) is 13.1 Å². The Labute approximate surface area is 154 Å². The Bertz CT molecular complexity index is 638. The molecule has 6 heteroatoms. The van der Waals surface area contributed by atoms with E-state index in [0.29, 0.717) is 31.8 Å². The maximum Gasteiger partial charge on any atom is 0.247 e. The Hall–Kier alpha value is -1.92. The van der Waals surface area contributed by atoms with Gasteiger partial charge < -0.3 is 10.0 Å². The van der Waals surface area contributed by atoms with Gasteiger partial charge in [-0.2, -0.15) is 0 Å². The van der Waals surface area contributed by atoms with Crippen molar-refractivity contribution in [2.45, 2.75) is 50.5 Å². The molecule has 3 rings (SSSR count). The van der Waals surface area contributed by atoms with Crippen LogP contribution >= 0.6 is 0 Å². The molecule has 2 aliphatic rings. The number of rotatable bonds is 3. The normalized spacial score (nSPS) is 30.0. The van der Waals surface area contributed by atoms with E-state index in [1.807, 2.05) is 23.1 Å². The zero-order valence-corrected chi connectivity index (χ0v) is 15.2. The molecule has 1 aliphatic carbocycles. The molecule has 0 radical (unpaired) electrons. The van der Waals surface area contributed by atoms with Crippen molar-refractivity contribution in [2.24, 2.45) is 11.8 Å². The van der Waals surface area contributed by atoms with E-state index in [-0.39, 0.29) is 12.3 Å². The highest BCUT2D eigenvalue weighted by molar-refractivity contribution is 5.87. The van der Waals surface area contributed by atoms with Gasteiger partial charge in [-0.05, 0) is 50.5 Å². The number of hydrogen-bond donors (Lipinski definition) is 3. The summed E-state index contributed by atoms with van der Waals surface area (Å²) in [4.78, 5) is 26.9. The van der Waals surface area contributed by atoms with E-state index in [0.717, 1.165) is 12.8 Å². The summed E-state index contributed by atoms with van der Waals surface area (Å²) in [6.07, 6.45) is 2.96. The van der Waals surface area contributed by atoms with Crippen molar-refractivity contribution in [3.8, 4) is 0 Å². The molecule has 3 atom stereocenters. The van der Waals surface area contributed by atoms with Gasteiger partial charge in [0.05, 0.1) is 17.4 Å². The van der Waals surface area contributed by atoms with E-state index in [2.05, 4.69) is 12.1 Å². The largest absolute Gasteiger partial charge is 0.390 e. The van der Waals surface area contributed by atoms with Crippen LogP contribution in [-0.2, 0) is 9.59 Å². The summed E-state index contributed by atoms with van der Waals surface area (Å²) in [5.41, 5.74) is 2.00. The van der Waals surface area contributed by atoms with E-state index < -0.39 is 23.3 Å². The van der Waals surface area contributed by atoms with Crippen LogP contribution in [0.4, 0.5) is 0 Å². The number of benzene rings is 1. The summed E-state index contributed by atoms with van der Waals surface area (Å²) in [6.45, 7) is 3.04. The zero-order chi connectivity index (χ0) is 18.7. The second-order valence-electron chi connectivity index (χ2n) is 7.94. The second-order valence-corrected chi connectivity index (χ2v) is 7.94. The molecule has 2 fully saturated rings. The van der Waals surface area contributed by atoms with Gasteiger partial charge in [-0.3, -0.25) is 14.8 Å². The molecule has 1 saturated heterocycles. The van der Waals surface area contributed by atoms with Gasteiger partial charge in [0.1, 0.15) is 0 Å². The lowest BCUT2D eigenvalue weighted by Gasteiger charge is -2.41. The molecule has 1 heterocycles. The van der Waals surface area contributed by atoms with Crippen molar-refractivity contribution in [3.05, 3.63) is 35.9 Å². The number of carbonyl (C=O) groups is 2. The summed E-state index contributed by atoms with van der Waals surface area (Å²) in [7, 11) is 0. The van der Waals surface area contributed by atoms with Gasteiger partial charge in [0.25, 0.3) is 0 Å². The Morgan fingerprint density at radius 2 is 1.77 bits per heavy atom. The van der Waals surface area contributed by atoms with E-state index in [1.165, 1.54) is 5.56 Å². The highest BCUT2D eigenvalue weighted by Gasteiger charge is 2.44. The highest BCUT2D eigenvalue weighted by Crippen LogP contribution is 2.38. The lowest BCUT2D eigenvalue weighted by Crippen LogP contribution is -2.51. The van der Waals surface area contributed by atoms with Crippen LogP contribution in [0.15, 0.2) is 30.3 Å². The topological polar surface area (TPSA) is 89.9 Å². The fourth-order valence-electron chi connectivity index (χ4n) is 4.43. The number of hydroxylamine groups is 1. The summed E-state index contributed by atoms with van der Waals surface area (Å²) in [5.74, 6) is -1.31. The number of nitrogens with zero attached hydrogens (tertiary/aromatic N) is 1. The molecular formula is C20H28N2O4. The minimum atomic E-state index is -0.978. The fraction of sp³-hybridized carbons (Fsp3) is 0.600. The van der Waals surface area contributed by atoms with Crippen LogP contribution < -0.4 is 5.48 Å². The van der Waals surface area contributed by atoms with Crippen LogP contribution in [-0.4, -0.2) is 45.7 Å². The fourth-order valence-corrected chi connectivity index (χ4v) is 4.43. The monoisotopic (exact) mass is 360 g/mol. The maximum absolute atomic E-state index is 13.0. The summed E-state index contributed by atoms with van der Waals surface area (Å²) in [5, 5.41) is 19.3. The van der Waals surface area contributed by atoms with E-state index >= 15 is 0 Å². The molecule has 1 aromatic carbocycles. The standard InChI is InChI=1S/C20H28N2O4/c1-20(25)10-7-16(17(13-20)18(23)21-26)19(24)22-11-8-15(9-12-22)14-5-3-2-4-6-14/h2-6,15-17,25-26H,7-13H2,1H3,(H,21,23). The van der Waals surface area contributed by atoms with Gasteiger partial charge in [0.2, 0.25) is 11.8 Å². The molecule has 26 heavy (non-hydrogen) atoms. The molecule has 1 aliphatic heterocycles. The smallest absolute Gasteiger partial charge is 0.247 e. The third-order valence-electron chi connectivity index (χ3n) is 5.98. The first-order chi connectivity index (χ1) is 12.4. The van der Waals surface area contributed by atoms with Crippen molar-refractivity contribution < 1.29 is 19.9 Å². The minimum absolute atomic E-state index is 0.0272. The molecule has 0 bridgehead atoms. The van der Waals surface area contributed by atoms with E-state index in [9.17, 15) is 14.7 Å². The van der Waals surface area contributed by atoms with Gasteiger partial charge >= 0.3 is 0 Å². The third-order valence-corrected chi connectivity index (χ3v) is 5.98. The third kappa shape index (κ3) is 4.07. The first kappa shape index (κ1) is 18.9. The van der Waals surface area contributed by atoms with E-state index in [4.69, 9.17) is 5.21 Å². The van der Waals surface area contributed by atoms with Gasteiger partial charge in [-0.25, -0.2) is 5.48 Å². The predicted octanol–water partition coefficient (Wildman–Crippen LogP) is 2.07. The molecule has 2 amide bonds. The van der Waals surface area contributed by atoms with E-state index in [1.54, 1.807) is 12.4 Å². The van der Waals surface area contributed by atoms with Crippen molar-refractivity contribution in [1.82, 2.24) is 10.4 Å². The molecule has 142 valence electrons. The molecule has 1 aromatic rings. The Kier molecular flexibility index (Phi) is 5.63. The predicted molar refractivity (Wildman–Crippen MR) is 96.4 cm³/mol. The number of carbonyl (C=O) groups excluding carboxylic acids is 2. The number of aliphatic hydroxyl groups is 1.